The van der Waals surface area contributed by atoms with Crippen molar-refractivity contribution in [3.05, 3.63) is 35.9 Å². The van der Waals surface area contributed by atoms with Crippen LogP contribution in [0.3, 0.4) is 0 Å². The Labute approximate surface area is 173 Å². The number of carbonyl (C=O) groups is 1. The number of fused-ring (bicyclic) bond motifs is 1. The molecule has 0 radical (unpaired) electrons. The Balaban J connectivity index is 1.39. The molecule has 1 amide bonds. The molecule has 0 spiro atoms. The molecule has 1 aromatic rings. The van der Waals surface area contributed by atoms with Crippen LogP contribution >= 0.6 is 0 Å². The monoisotopic (exact) mass is 421 g/mol. The number of benzene rings is 1. The molecule has 1 aromatic carbocycles. The molecule has 160 valence electrons. The molecular weight excluding hydrogens is 390 g/mol. The third kappa shape index (κ3) is 3.60. The summed E-state index contributed by atoms with van der Waals surface area (Å²) >= 11 is 0. The summed E-state index contributed by atoms with van der Waals surface area (Å²) in [7, 11) is -0.273. The number of rotatable bonds is 7. The van der Waals surface area contributed by atoms with Crippen molar-refractivity contribution in [3.63, 3.8) is 0 Å². The Morgan fingerprint density at radius 3 is 2.31 bits per heavy atom. The molecule has 1 aliphatic heterocycles. The molecule has 0 aromatic heterocycles. The number of amides is 1. The minimum atomic E-state index is -3.36. The van der Waals surface area contributed by atoms with Gasteiger partial charge in [0.25, 0.3) is 16.1 Å². The summed E-state index contributed by atoms with van der Waals surface area (Å²) in [6, 6.07) is 9.25. The topological polar surface area (TPSA) is 90.0 Å². The van der Waals surface area contributed by atoms with E-state index in [2.05, 4.69) is 5.32 Å². The van der Waals surface area contributed by atoms with Crippen LogP contribution in [0, 0.1) is 23.7 Å². The lowest BCUT2D eigenvalue weighted by molar-refractivity contribution is -0.147. The quantitative estimate of drug-likeness (QED) is 0.692. The van der Waals surface area contributed by atoms with Crippen molar-refractivity contribution in [1.82, 2.24) is 13.9 Å². The van der Waals surface area contributed by atoms with E-state index < -0.39 is 15.8 Å². The van der Waals surface area contributed by atoms with E-state index in [1.54, 1.807) is 14.1 Å². The summed E-state index contributed by atoms with van der Waals surface area (Å²) in [5.74, 6) is 0.487. The Morgan fingerprint density at radius 2 is 1.76 bits per heavy atom. The minimum absolute atomic E-state index is 0.0654. The van der Waals surface area contributed by atoms with E-state index in [1.165, 1.54) is 8.61 Å². The smallest absolute Gasteiger partial charge is 0.281 e. The van der Waals surface area contributed by atoms with Gasteiger partial charge in [0, 0.05) is 39.6 Å². The zero-order valence-electron chi connectivity index (χ0n) is 17.1. The van der Waals surface area contributed by atoms with Gasteiger partial charge in [-0.15, -0.1) is 0 Å². The number of hydrogen-bond acceptors (Lipinski definition) is 4. The normalized spacial score (nSPS) is 29.6. The second-order valence-corrected chi connectivity index (χ2v) is 11.1. The van der Waals surface area contributed by atoms with Crippen LogP contribution in [0.15, 0.2) is 30.3 Å². The van der Waals surface area contributed by atoms with Crippen molar-refractivity contribution in [1.29, 1.82) is 0 Å². The third-order valence-electron chi connectivity index (χ3n) is 7.13. The van der Waals surface area contributed by atoms with Crippen molar-refractivity contribution in [2.45, 2.75) is 31.3 Å². The molecule has 2 unspecified atom stereocenters. The number of hydrogen-bond donors (Lipinski definition) is 2. The van der Waals surface area contributed by atoms with E-state index in [1.807, 2.05) is 30.3 Å². The lowest BCUT2D eigenvalue weighted by atomic mass is 9.79. The molecule has 4 atom stereocenters. The van der Waals surface area contributed by atoms with Crippen LogP contribution < -0.4 is 5.32 Å². The molecule has 1 saturated heterocycles. The fourth-order valence-electron chi connectivity index (χ4n) is 5.27. The third-order valence-corrected chi connectivity index (χ3v) is 9.00. The number of nitrogens with one attached hydrogen (secondary N) is 1. The second kappa shape index (κ2) is 7.65. The van der Waals surface area contributed by atoms with Crippen LogP contribution in [0.5, 0.6) is 0 Å². The summed E-state index contributed by atoms with van der Waals surface area (Å²) in [4.78, 5) is 13.1. The Bertz CT molecular complexity index is 842. The molecule has 2 saturated carbocycles. The summed E-state index contributed by atoms with van der Waals surface area (Å²) in [5, 5.41) is 14.5. The summed E-state index contributed by atoms with van der Waals surface area (Å²) in [5.41, 5.74) is -0.842. The zero-order valence-corrected chi connectivity index (χ0v) is 17.9. The van der Waals surface area contributed by atoms with Crippen LogP contribution in [0.2, 0.25) is 0 Å². The summed E-state index contributed by atoms with van der Waals surface area (Å²) in [6.07, 6.45) is 3.78. The SMILES string of the molecule is CN(C)S(=O)(=O)N1C[C@@H]2C(CNC(=O)C(O)(c3ccccc3)C3CCCC3)[C@@H]2C1. The van der Waals surface area contributed by atoms with Crippen molar-refractivity contribution < 1.29 is 18.3 Å². The maximum atomic E-state index is 13.1. The first-order valence-electron chi connectivity index (χ1n) is 10.5. The van der Waals surface area contributed by atoms with Gasteiger partial charge in [-0.1, -0.05) is 43.2 Å². The van der Waals surface area contributed by atoms with Crippen molar-refractivity contribution in [2.24, 2.45) is 23.7 Å². The van der Waals surface area contributed by atoms with E-state index in [-0.39, 0.29) is 17.7 Å². The first-order chi connectivity index (χ1) is 13.8. The van der Waals surface area contributed by atoms with Gasteiger partial charge in [0.15, 0.2) is 5.60 Å². The molecule has 2 aliphatic carbocycles. The van der Waals surface area contributed by atoms with Crippen LogP contribution in [0.4, 0.5) is 0 Å². The molecule has 29 heavy (non-hydrogen) atoms. The van der Waals surface area contributed by atoms with E-state index >= 15 is 0 Å². The molecule has 2 N–H and O–H groups in total. The van der Waals surface area contributed by atoms with Gasteiger partial charge in [0.1, 0.15) is 0 Å². The first-order valence-corrected chi connectivity index (χ1v) is 11.9. The molecule has 1 heterocycles. The maximum absolute atomic E-state index is 13.1. The standard InChI is InChI=1S/C21H31N3O4S/c1-23(2)29(27,28)24-13-18-17(19(18)14-24)12-22-20(25)21(26,16-10-6-7-11-16)15-8-4-3-5-9-15/h3-5,8-9,16-19,26H,6-7,10-14H2,1-2H3,(H,22,25)/t17?,18-,19+,21?. The van der Waals surface area contributed by atoms with E-state index in [0.717, 1.165) is 25.7 Å². The molecule has 4 rings (SSSR count). The fourth-order valence-corrected chi connectivity index (χ4v) is 6.45. The van der Waals surface area contributed by atoms with Gasteiger partial charge in [-0.2, -0.15) is 17.0 Å². The lowest BCUT2D eigenvalue weighted by Gasteiger charge is -2.33. The van der Waals surface area contributed by atoms with Crippen molar-refractivity contribution >= 4 is 16.1 Å². The zero-order chi connectivity index (χ0) is 20.8. The molecule has 3 aliphatic rings. The number of piperidine rings is 1. The molecule has 8 heteroatoms. The van der Waals surface area contributed by atoms with E-state index in [4.69, 9.17) is 0 Å². The summed E-state index contributed by atoms with van der Waals surface area (Å²) in [6.45, 7) is 1.51. The van der Waals surface area contributed by atoms with Gasteiger partial charge < -0.3 is 10.4 Å². The van der Waals surface area contributed by atoms with Crippen LogP contribution in [0.1, 0.15) is 31.2 Å². The van der Waals surface area contributed by atoms with Gasteiger partial charge in [0.2, 0.25) is 0 Å². The Morgan fingerprint density at radius 1 is 1.17 bits per heavy atom. The Hall–Kier alpha value is -1.48. The van der Waals surface area contributed by atoms with E-state index in [9.17, 15) is 18.3 Å². The average Bonchev–Trinajstić information content (AvgIpc) is 3.14. The van der Waals surface area contributed by atoms with Crippen LogP contribution in [0.25, 0.3) is 0 Å². The van der Waals surface area contributed by atoms with Gasteiger partial charge >= 0.3 is 0 Å². The van der Waals surface area contributed by atoms with Crippen LogP contribution in [-0.4, -0.2) is 61.8 Å². The predicted octanol–water partition coefficient (Wildman–Crippen LogP) is 1.16. The lowest BCUT2D eigenvalue weighted by Crippen LogP contribution is -2.50. The first kappa shape index (κ1) is 20.8. The van der Waals surface area contributed by atoms with Crippen molar-refractivity contribution in [3.8, 4) is 0 Å². The van der Waals surface area contributed by atoms with Gasteiger partial charge in [-0.05, 0) is 36.2 Å². The number of nitrogens with zero attached hydrogens (tertiary/aromatic N) is 2. The highest BCUT2D eigenvalue weighted by molar-refractivity contribution is 7.86. The molecular formula is C21H31N3O4S. The second-order valence-electron chi connectivity index (χ2n) is 8.92. The molecule has 7 nitrogen and oxygen atoms in total. The van der Waals surface area contributed by atoms with Gasteiger partial charge in [-0.3, -0.25) is 4.79 Å². The van der Waals surface area contributed by atoms with Crippen LogP contribution in [-0.2, 0) is 20.6 Å². The largest absolute Gasteiger partial charge is 0.375 e. The molecule has 0 bridgehead atoms. The fraction of sp³-hybridized carbons (Fsp3) is 0.667. The molecule has 3 fully saturated rings. The van der Waals surface area contributed by atoms with Gasteiger partial charge in [0.05, 0.1) is 0 Å². The van der Waals surface area contributed by atoms with Crippen molar-refractivity contribution in [2.75, 3.05) is 33.7 Å². The average molecular weight is 422 g/mol. The summed E-state index contributed by atoms with van der Waals surface area (Å²) < 4.78 is 27.3. The highest BCUT2D eigenvalue weighted by Gasteiger charge is 2.58. The highest BCUT2D eigenvalue weighted by Crippen LogP contribution is 2.52. The predicted molar refractivity (Wildman–Crippen MR) is 110 cm³/mol. The Kier molecular flexibility index (Phi) is 5.48. The minimum Gasteiger partial charge on any atom is -0.375 e. The van der Waals surface area contributed by atoms with E-state index in [0.29, 0.717) is 37.0 Å². The van der Waals surface area contributed by atoms with Gasteiger partial charge in [-0.25, -0.2) is 0 Å². The highest BCUT2D eigenvalue weighted by atomic mass is 32.2. The maximum Gasteiger partial charge on any atom is 0.281 e. The number of carbonyl (C=O) groups excluding carboxylic acids is 1. The number of aliphatic hydroxyl groups is 1.